The molecule has 0 aliphatic carbocycles. The maximum absolute atomic E-state index is 9.28. The van der Waals surface area contributed by atoms with E-state index in [4.69, 9.17) is 10.8 Å². The van der Waals surface area contributed by atoms with E-state index < -0.39 is 11.8 Å². The average Bonchev–Trinajstić information content (AvgIpc) is 1.79. The summed E-state index contributed by atoms with van der Waals surface area (Å²) in [4.78, 5) is 0. The largest absolute Gasteiger partial charge is 0.393 e. The zero-order chi connectivity index (χ0) is 8.91. The average molecular weight is 161 g/mol. The molecular formula is C8H19NO2. The van der Waals surface area contributed by atoms with Crippen LogP contribution in [0.1, 0.15) is 39.5 Å². The molecule has 0 saturated heterocycles. The molecule has 11 heavy (non-hydrogen) atoms. The second kappa shape index (κ2) is 4.70. The standard InChI is InChI=1S/C8H19NO2/c1-3-4-5-7(10)6-8(2,9)11/h7,10-11H,3-6,9H2,1-2H3. The molecule has 0 rings (SSSR count). The summed E-state index contributed by atoms with van der Waals surface area (Å²) in [5, 5.41) is 18.4. The van der Waals surface area contributed by atoms with E-state index >= 15 is 0 Å². The molecule has 0 bridgehead atoms. The quantitative estimate of drug-likeness (QED) is 0.517. The lowest BCUT2D eigenvalue weighted by Gasteiger charge is -2.20. The monoisotopic (exact) mass is 161 g/mol. The second-order valence-electron chi connectivity index (χ2n) is 3.36. The van der Waals surface area contributed by atoms with Crippen LogP contribution in [0.5, 0.6) is 0 Å². The van der Waals surface area contributed by atoms with Crippen LogP contribution in [-0.2, 0) is 0 Å². The summed E-state index contributed by atoms with van der Waals surface area (Å²) < 4.78 is 0. The van der Waals surface area contributed by atoms with E-state index in [2.05, 4.69) is 6.92 Å². The summed E-state index contributed by atoms with van der Waals surface area (Å²) in [5.74, 6) is 0. The number of hydrogen-bond donors (Lipinski definition) is 3. The minimum atomic E-state index is -1.23. The number of hydrogen-bond acceptors (Lipinski definition) is 3. The van der Waals surface area contributed by atoms with Crippen molar-refractivity contribution in [1.29, 1.82) is 0 Å². The molecule has 3 heteroatoms. The van der Waals surface area contributed by atoms with Gasteiger partial charge in [0.15, 0.2) is 0 Å². The van der Waals surface area contributed by atoms with Crippen molar-refractivity contribution < 1.29 is 10.2 Å². The minimum absolute atomic E-state index is 0.257. The van der Waals surface area contributed by atoms with Gasteiger partial charge in [0.2, 0.25) is 0 Å². The Morgan fingerprint density at radius 2 is 2.09 bits per heavy atom. The normalized spacial score (nSPS) is 19.4. The highest BCUT2D eigenvalue weighted by Crippen LogP contribution is 2.10. The first-order valence-electron chi connectivity index (χ1n) is 4.15. The molecule has 0 saturated carbocycles. The van der Waals surface area contributed by atoms with Crippen molar-refractivity contribution in [2.75, 3.05) is 0 Å². The third-order valence-electron chi connectivity index (χ3n) is 1.54. The molecule has 4 N–H and O–H groups in total. The Morgan fingerprint density at radius 3 is 2.45 bits per heavy atom. The number of aliphatic hydroxyl groups excluding tert-OH is 1. The summed E-state index contributed by atoms with van der Waals surface area (Å²) in [6, 6.07) is 0. The summed E-state index contributed by atoms with van der Waals surface area (Å²) in [6.07, 6.45) is 2.56. The van der Waals surface area contributed by atoms with Gasteiger partial charge in [0, 0.05) is 6.42 Å². The van der Waals surface area contributed by atoms with E-state index in [-0.39, 0.29) is 6.42 Å². The molecule has 2 unspecified atom stereocenters. The van der Waals surface area contributed by atoms with Gasteiger partial charge in [-0.2, -0.15) is 0 Å². The molecule has 0 aliphatic heterocycles. The summed E-state index contributed by atoms with van der Waals surface area (Å²) in [7, 11) is 0. The van der Waals surface area contributed by atoms with Gasteiger partial charge in [-0.15, -0.1) is 0 Å². The SMILES string of the molecule is CCCCC(O)CC(C)(N)O. The Hall–Kier alpha value is -0.120. The van der Waals surface area contributed by atoms with E-state index in [0.29, 0.717) is 0 Å². The molecule has 0 radical (unpaired) electrons. The molecule has 0 aromatic rings. The number of unbranched alkanes of at least 4 members (excludes halogenated alkanes) is 1. The van der Waals surface area contributed by atoms with Crippen LogP contribution in [0.2, 0.25) is 0 Å². The van der Waals surface area contributed by atoms with Crippen LogP contribution in [0.15, 0.2) is 0 Å². The molecular weight excluding hydrogens is 142 g/mol. The Balaban J connectivity index is 3.44. The lowest BCUT2D eigenvalue weighted by atomic mass is 10.0. The number of rotatable bonds is 5. The van der Waals surface area contributed by atoms with Crippen molar-refractivity contribution in [1.82, 2.24) is 0 Å². The van der Waals surface area contributed by atoms with Crippen LogP contribution in [0.4, 0.5) is 0 Å². The Morgan fingerprint density at radius 1 is 1.55 bits per heavy atom. The maximum atomic E-state index is 9.28. The molecule has 68 valence electrons. The van der Waals surface area contributed by atoms with Gasteiger partial charge in [-0.05, 0) is 13.3 Å². The topological polar surface area (TPSA) is 66.5 Å². The van der Waals surface area contributed by atoms with Crippen LogP contribution >= 0.6 is 0 Å². The third-order valence-corrected chi connectivity index (χ3v) is 1.54. The lowest BCUT2D eigenvalue weighted by molar-refractivity contribution is 0.00588. The van der Waals surface area contributed by atoms with Gasteiger partial charge in [0.1, 0.15) is 5.72 Å². The van der Waals surface area contributed by atoms with E-state index in [0.717, 1.165) is 19.3 Å². The lowest BCUT2D eigenvalue weighted by Crippen LogP contribution is -2.39. The van der Waals surface area contributed by atoms with Crippen LogP contribution < -0.4 is 5.73 Å². The molecule has 0 heterocycles. The Bertz CT molecular complexity index is 98.8. The van der Waals surface area contributed by atoms with Crippen LogP contribution in [0, 0.1) is 0 Å². The van der Waals surface area contributed by atoms with Gasteiger partial charge in [-0.1, -0.05) is 19.8 Å². The van der Waals surface area contributed by atoms with Crippen molar-refractivity contribution in [3.05, 3.63) is 0 Å². The Labute approximate surface area is 68.2 Å². The first-order valence-corrected chi connectivity index (χ1v) is 4.15. The molecule has 3 nitrogen and oxygen atoms in total. The van der Waals surface area contributed by atoms with Crippen molar-refractivity contribution in [2.45, 2.75) is 51.4 Å². The summed E-state index contributed by atoms with van der Waals surface area (Å²) in [5.41, 5.74) is 4.07. The maximum Gasteiger partial charge on any atom is 0.113 e. The van der Waals surface area contributed by atoms with E-state index in [9.17, 15) is 5.11 Å². The second-order valence-corrected chi connectivity index (χ2v) is 3.36. The number of aliphatic hydroxyl groups is 2. The highest BCUT2D eigenvalue weighted by Gasteiger charge is 2.18. The molecule has 0 aromatic heterocycles. The van der Waals surface area contributed by atoms with Gasteiger partial charge in [-0.3, -0.25) is 0 Å². The molecule has 0 aliphatic rings. The van der Waals surface area contributed by atoms with E-state index in [1.54, 1.807) is 0 Å². The van der Waals surface area contributed by atoms with Crippen LogP contribution in [-0.4, -0.2) is 22.0 Å². The van der Waals surface area contributed by atoms with E-state index in [1.165, 1.54) is 6.92 Å². The van der Waals surface area contributed by atoms with Crippen molar-refractivity contribution in [3.63, 3.8) is 0 Å². The highest BCUT2D eigenvalue weighted by atomic mass is 16.3. The third kappa shape index (κ3) is 7.78. The predicted octanol–water partition coefficient (Wildman–Crippen LogP) is 0.595. The molecule has 0 aromatic carbocycles. The molecule has 0 fully saturated rings. The minimum Gasteiger partial charge on any atom is -0.393 e. The van der Waals surface area contributed by atoms with Gasteiger partial charge in [-0.25, -0.2) is 0 Å². The smallest absolute Gasteiger partial charge is 0.113 e. The van der Waals surface area contributed by atoms with Gasteiger partial charge >= 0.3 is 0 Å². The Kier molecular flexibility index (Phi) is 4.65. The van der Waals surface area contributed by atoms with Gasteiger partial charge in [0.25, 0.3) is 0 Å². The predicted molar refractivity (Wildman–Crippen MR) is 45.0 cm³/mol. The van der Waals surface area contributed by atoms with Crippen molar-refractivity contribution >= 4 is 0 Å². The first kappa shape index (κ1) is 10.9. The zero-order valence-corrected chi connectivity index (χ0v) is 7.38. The highest BCUT2D eigenvalue weighted by molar-refractivity contribution is 4.69. The zero-order valence-electron chi connectivity index (χ0n) is 7.38. The number of nitrogens with two attached hydrogens (primary N) is 1. The molecule has 0 spiro atoms. The van der Waals surface area contributed by atoms with Crippen LogP contribution in [0.3, 0.4) is 0 Å². The summed E-state index contributed by atoms with van der Waals surface area (Å²) in [6.45, 7) is 3.56. The first-order chi connectivity index (χ1) is 4.95. The van der Waals surface area contributed by atoms with Crippen molar-refractivity contribution in [2.24, 2.45) is 5.73 Å². The van der Waals surface area contributed by atoms with Gasteiger partial charge < -0.3 is 15.9 Å². The fourth-order valence-electron chi connectivity index (χ4n) is 1.02. The summed E-state index contributed by atoms with van der Waals surface area (Å²) >= 11 is 0. The fraction of sp³-hybridized carbons (Fsp3) is 1.00. The van der Waals surface area contributed by atoms with Crippen LogP contribution in [0.25, 0.3) is 0 Å². The molecule has 2 atom stereocenters. The molecule has 0 amide bonds. The fourth-order valence-corrected chi connectivity index (χ4v) is 1.02. The van der Waals surface area contributed by atoms with Crippen molar-refractivity contribution in [3.8, 4) is 0 Å². The van der Waals surface area contributed by atoms with Gasteiger partial charge in [0.05, 0.1) is 6.10 Å². The van der Waals surface area contributed by atoms with E-state index in [1.807, 2.05) is 0 Å².